The summed E-state index contributed by atoms with van der Waals surface area (Å²) >= 11 is 0. The molecule has 30 heavy (non-hydrogen) atoms. The lowest BCUT2D eigenvalue weighted by Gasteiger charge is -2.47. The molecule has 0 radical (unpaired) electrons. The molecule has 0 unspecified atom stereocenters. The van der Waals surface area contributed by atoms with Crippen LogP contribution in [0.4, 0.5) is 0 Å². The van der Waals surface area contributed by atoms with Crippen molar-refractivity contribution in [2.75, 3.05) is 34.4 Å². The summed E-state index contributed by atoms with van der Waals surface area (Å²) in [4.78, 5) is 17.4. The first-order valence-corrected chi connectivity index (χ1v) is 10.4. The second-order valence-corrected chi connectivity index (χ2v) is 8.08. The average molecular weight is 415 g/mol. The van der Waals surface area contributed by atoms with Crippen LogP contribution in [0.1, 0.15) is 30.4 Å². The third-order valence-electron chi connectivity index (χ3n) is 6.29. The van der Waals surface area contributed by atoms with E-state index in [4.69, 9.17) is 18.6 Å². The van der Waals surface area contributed by atoms with Gasteiger partial charge in [-0.3, -0.25) is 9.69 Å². The third-order valence-corrected chi connectivity index (χ3v) is 6.29. The van der Waals surface area contributed by atoms with Crippen molar-refractivity contribution in [2.24, 2.45) is 5.92 Å². The lowest BCUT2D eigenvalue weighted by atomic mass is 9.83. The van der Waals surface area contributed by atoms with Crippen molar-refractivity contribution in [3.8, 4) is 17.2 Å². The van der Waals surface area contributed by atoms with Gasteiger partial charge < -0.3 is 23.5 Å². The van der Waals surface area contributed by atoms with Crippen LogP contribution in [0, 0.1) is 5.92 Å². The van der Waals surface area contributed by atoms with E-state index >= 15 is 0 Å². The Balaban J connectivity index is 1.49. The van der Waals surface area contributed by atoms with E-state index in [0.29, 0.717) is 36.1 Å². The van der Waals surface area contributed by atoms with E-state index in [0.717, 1.165) is 38.0 Å². The van der Waals surface area contributed by atoms with Gasteiger partial charge >= 0.3 is 0 Å². The van der Waals surface area contributed by atoms with Crippen LogP contribution in [0.3, 0.4) is 0 Å². The smallest absolute Gasteiger partial charge is 0.223 e. The Bertz CT molecular complexity index is 841. The monoisotopic (exact) mass is 414 g/mol. The molecule has 0 N–H and O–H groups in total. The zero-order valence-electron chi connectivity index (χ0n) is 17.9. The van der Waals surface area contributed by atoms with Crippen LogP contribution in [0.15, 0.2) is 35.1 Å². The molecule has 7 nitrogen and oxygen atoms in total. The van der Waals surface area contributed by atoms with E-state index in [2.05, 4.69) is 9.80 Å². The molecule has 2 fully saturated rings. The molecule has 4 rings (SSSR count). The number of carbonyl (C=O) groups excluding carboxylic acids is 1. The molecule has 1 amide bonds. The van der Waals surface area contributed by atoms with Crippen molar-refractivity contribution in [1.82, 2.24) is 9.80 Å². The van der Waals surface area contributed by atoms with Gasteiger partial charge in [0.25, 0.3) is 0 Å². The van der Waals surface area contributed by atoms with Gasteiger partial charge in [-0.15, -0.1) is 0 Å². The van der Waals surface area contributed by atoms with Gasteiger partial charge in [-0.2, -0.15) is 0 Å². The minimum Gasteiger partial charge on any atom is -0.493 e. The maximum Gasteiger partial charge on any atom is 0.223 e. The van der Waals surface area contributed by atoms with Gasteiger partial charge in [0.2, 0.25) is 11.7 Å². The van der Waals surface area contributed by atoms with Gasteiger partial charge in [0.1, 0.15) is 0 Å². The second-order valence-electron chi connectivity index (χ2n) is 8.08. The molecule has 7 heteroatoms. The maximum atomic E-state index is 12.8. The zero-order chi connectivity index (χ0) is 21.1. The van der Waals surface area contributed by atoms with Crippen molar-refractivity contribution in [3.63, 3.8) is 0 Å². The minimum atomic E-state index is 0.230. The number of rotatable bonds is 7. The molecular weight excluding hydrogens is 384 g/mol. The normalized spacial score (nSPS) is 22.0. The molecular formula is C23H30N2O5. The van der Waals surface area contributed by atoms with Crippen molar-refractivity contribution in [3.05, 3.63) is 41.9 Å². The number of furan rings is 1. The fraction of sp³-hybridized carbons (Fsp3) is 0.522. The number of ether oxygens (including phenoxy) is 3. The highest BCUT2D eigenvalue weighted by atomic mass is 16.5. The van der Waals surface area contributed by atoms with Gasteiger partial charge in [-0.05, 0) is 42.5 Å². The molecule has 2 aliphatic heterocycles. The van der Waals surface area contributed by atoms with Gasteiger partial charge in [-0.25, -0.2) is 0 Å². The topological polar surface area (TPSA) is 64.4 Å². The van der Waals surface area contributed by atoms with E-state index in [1.807, 2.05) is 24.5 Å². The molecule has 2 atom stereocenters. The lowest BCUT2D eigenvalue weighted by molar-refractivity contribution is -0.142. The predicted molar refractivity (Wildman–Crippen MR) is 112 cm³/mol. The third kappa shape index (κ3) is 4.12. The summed E-state index contributed by atoms with van der Waals surface area (Å²) < 4.78 is 21.6. The maximum absolute atomic E-state index is 12.8. The van der Waals surface area contributed by atoms with Gasteiger partial charge in [0.05, 0.1) is 33.9 Å². The molecule has 2 aliphatic rings. The number of methoxy groups -OCH3 is 3. The molecule has 0 bridgehead atoms. The highest BCUT2D eigenvalue weighted by Crippen LogP contribution is 2.39. The summed E-state index contributed by atoms with van der Waals surface area (Å²) in [6, 6.07) is 6.16. The van der Waals surface area contributed by atoms with Gasteiger partial charge in [-0.1, -0.05) is 0 Å². The van der Waals surface area contributed by atoms with Crippen LogP contribution in [0.25, 0.3) is 0 Å². The lowest BCUT2D eigenvalue weighted by Crippen LogP contribution is -2.55. The highest BCUT2D eigenvalue weighted by molar-refractivity contribution is 5.77. The Hall–Kier alpha value is -2.67. The molecule has 0 aliphatic carbocycles. The average Bonchev–Trinajstić information content (AvgIpc) is 3.28. The number of hydrogen-bond acceptors (Lipinski definition) is 6. The standard InChI is InChI=1S/C23H30N2O5/c1-27-20-10-17(11-21(28-2)23(20)29-3)13-25-19-6-8-24(12-16-7-9-30-15-16)14-18(19)4-5-22(25)26/h7,9-11,15,18-19H,4-6,8,12-14H2,1-3H3/t18-,19+/m1/s1. The summed E-state index contributed by atoms with van der Waals surface area (Å²) in [5.41, 5.74) is 2.19. The molecule has 3 heterocycles. The van der Waals surface area contributed by atoms with Crippen LogP contribution in [0.5, 0.6) is 17.2 Å². The van der Waals surface area contributed by atoms with Crippen molar-refractivity contribution < 1.29 is 23.4 Å². The Morgan fingerprint density at radius 2 is 1.80 bits per heavy atom. The Morgan fingerprint density at radius 1 is 1.03 bits per heavy atom. The zero-order valence-corrected chi connectivity index (χ0v) is 17.9. The van der Waals surface area contributed by atoms with E-state index in [9.17, 15) is 4.79 Å². The number of fused-ring (bicyclic) bond motifs is 1. The summed E-state index contributed by atoms with van der Waals surface area (Å²) in [5.74, 6) is 2.52. The summed E-state index contributed by atoms with van der Waals surface area (Å²) in [5, 5.41) is 0. The fourth-order valence-electron chi connectivity index (χ4n) is 4.84. The summed E-state index contributed by atoms with van der Waals surface area (Å²) in [6.07, 6.45) is 6.08. The molecule has 0 spiro atoms. The number of likely N-dealkylation sites (tertiary alicyclic amines) is 2. The van der Waals surface area contributed by atoms with Crippen molar-refractivity contribution >= 4 is 5.91 Å². The molecule has 1 aromatic carbocycles. The Kier molecular flexibility index (Phi) is 6.18. The number of amides is 1. The fourth-order valence-corrected chi connectivity index (χ4v) is 4.84. The first-order chi connectivity index (χ1) is 14.6. The quantitative estimate of drug-likeness (QED) is 0.693. The molecule has 162 valence electrons. The predicted octanol–water partition coefficient (Wildman–Crippen LogP) is 3.32. The Labute approximate surface area is 177 Å². The Morgan fingerprint density at radius 3 is 2.43 bits per heavy atom. The number of nitrogens with zero attached hydrogens (tertiary/aromatic N) is 2. The van der Waals surface area contributed by atoms with E-state index in [1.54, 1.807) is 27.6 Å². The van der Waals surface area contributed by atoms with E-state index < -0.39 is 0 Å². The van der Waals surface area contributed by atoms with E-state index in [1.165, 1.54) is 5.56 Å². The first-order valence-electron chi connectivity index (χ1n) is 10.4. The molecule has 0 saturated carbocycles. The van der Waals surface area contributed by atoms with Gasteiger partial charge in [0, 0.05) is 44.2 Å². The van der Waals surface area contributed by atoms with Crippen LogP contribution in [0.2, 0.25) is 0 Å². The molecule has 2 aromatic rings. The summed E-state index contributed by atoms with van der Waals surface area (Å²) in [7, 11) is 4.81. The van der Waals surface area contributed by atoms with Gasteiger partial charge in [0.15, 0.2) is 11.5 Å². The van der Waals surface area contributed by atoms with Crippen LogP contribution in [-0.4, -0.2) is 56.2 Å². The number of hydrogen-bond donors (Lipinski definition) is 0. The molecule has 1 aromatic heterocycles. The SMILES string of the molecule is COc1cc(CN2C(=O)CC[C@@H]3CN(Cc4ccoc4)CC[C@@H]32)cc(OC)c1OC. The minimum absolute atomic E-state index is 0.230. The first kappa shape index (κ1) is 20.6. The van der Waals surface area contributed by atoms with E-state index in [-0.39, 0.29) is 11.9 Å². The number of piperidine rings is 2. The number of carbonyl (C=O) groups is 1. The van der Waals surface area contributed by atoms with Crippen LogP contribution >= 0.6 is 0 Å². The highest BCUT2D eigenvalue weighted by Gasteiger charge is 2.39. The number of benzene rings is 1. The second kappa shape index (κ2) is 9.00. The van der Waals surface area contributed by atoms with Crippen LogP contribution < -0.4 is 14.2 Å². The van der Waals surface area contributed by atoms with Crippen molar-refractivity contribution in [2.45, 2.75) is 38.4 Å². The van der Waals surface area contributed by atoms with Crippen molar-refractivity contribution in [1.29, 1.82) is 0 Å². The largest absolute Gasteiger partial charge is 0.493 e. The summed E-state index contributed by atoms with van der Waals surface area (Å²) in [6.45, 7) is 3.44. The molecule has 2 saturated heterocycles. The van der Waals surface area contributed by atoms with Crippen LogP contribution in [-0.2, 0) is 17.9 Å².